The van der Waals surface area contributed by atoms with E-state index in [1.165, 1.54) is 11.8 Å². The van der Waals surface area contributed by atoms with Crippen molar-refractivity contribution in [2.75, 3.05) is 10.6 Å². The third kappa shape index (κ3) is 6.34. The van der Waals surface area contributed by atoms with Crippen LogP contribution >= 0.6 is 11.8 Å². The zero-order valence-corrected chi connectivity index (χ0v) is 21.7. The highest BCUT2D eigenvalue weighted by atomic mass is 32.2. The summed E-state index contributed by atoms with van der Waals surface area (Å²) in [5.74, 6) is -0.917. The van der Waals surface area contributed by atoms with Gasteiger partial charge in [0.1, 0.15) is 5.25 Å². The number of nitrogens with two attached hydrogens (primary N) is 1. The van der Waals surface area contributed by atoms with Gasteiger partial charge in [-0.3, -0.25) is 14.4 Å². The highest BCUT2D eigenvalue weighted by Gasteiger charge is 2.22. The molecule has 1 atom stereocenters. The number of hydrogen-bond donors (Lipinski definition) is 3. The number of rotatable bonds is 8. The van der Waals surface area contributed by atoms with Crippen LogP contribution in [0, 0.1) is 0 Å². The Bertz CT molecular complexity index is 1640. The molecule has 192 valence electrons. The van der Waals surface area contributed by atoms with Crippen LogP contribution in [0.15, 0.2) is 126 Å². The third-order valence-electron chi connectivity index (χ3n) is 6.16. The molecule has 5 rings (SSSR count). The first-order valence-corrected chi connectivity index (χ1v) is 13.2. The van der Waals surface area contributed by atoms with E-state index in [0.29, 0.717) is 22.5 Å². The summed E-state index contributed by atoms with van der Waals surface area (Å²) in [6.45, 7) is 0. The summed E-state index contributed by atoms with van der Waals surface area (Å²) in [6.07, 6.45) is 0. The van der Waals surface area contributed by atoms with Crippen molar-refractivity contribution >= 4 is 51.6 Å². The number of carbonyl (C=O) groups excluding carboxylic acids is 3. The molecule has 39 heavy (non-hydrogen) atoms. The quantitative estimate of drug-likeness (QED) is 0.195. The van der Waals surface area contributed by atoms with Gasteiger partial charge in [-0.2, -0.15) is 0 Å². The molecule has 0 fully saturated rings. The Morgan fingerprint density at radius 1 is 0.615 bits per heavy atom. The lowest BCUT2D eigenvalue weighted by Crippen LogP contribution is -2.19. The molecule has 5 aromatic carbocycles. The van der Waals surface area contributed by atoms with Gasteiger partial charge in [0.2, 0.25) is 11.8 Å². The molecule has 4 N–H and O–H groups in total. The van der Waals surface area contributed by atoms with E-state index < -0.39 is 11.2 Å². The van der Waals surface area contributed by atoms with Gasteiger partial charge in [-0.1, -0.05) is 60.7 Å². The lowest BCUT2D eigenvalue weighted by atomic mass is 10.1. The number of anilines is 2. The molecule has 0 saturated heterocycles. The zero-order valence-electron chi connectivity index (χ0n) is 20.8. The Morgan fingerprint density at radius 2 is 1.21 bits per heavy atom. The maximum absolute atomic E-state index is 13.3. The average molecular weight is 532 g/mol. The molecular formula is C32H25N3O3S. The molecule has 0 aliphatic heterocycles. The number of benzene rings is 5. The predicted octanol–water partition coefficient (Wildman–Crippen LogP) is 6.66. The van der Waals surface area contributed by atoms with E-state index in [0.717, 1.165) is 21.2 Å². The molecule has 1 unspecified atom stereocenters. The van der Waals surface area contributed by atoms with Crippen molar-refractivity contribution < 1.29 is 14.4 Å². The summed E-state index contributed by atoms with van der Waals surface area (Å²) in [5, 5.41) is 7.43. The molecule has 6 nitrogen and oxygen atoms in total. The van der Waals surface area contributed by atoms with Gasteiger partial charge in [0.25, 0.3) is 5.91 Å². The van der Waals surface area contributed by atoms with Crippen LogP contribution in [0.3, 0.4) is 0 Å². The second kappa shape index (κ2) is 11.7. The van der Waals surface area contributed by atoms with Gasteiger partial charge in [0.05, 0.1) is 0 Å². The maximum atomic E-state index is 13.3. The highest BCUT2D eigenvalue weighted by molar-refractivity contribution is 8.00. The van der Waals surface area contributed by atoms with E-state index >= 15 is 0 Å². The van der Waals surface area contributed by atoms with Gasteiger partial charge in [0.15, 0.2) is 0 Å². The Morgan fingerprint density at radius 3 is 1.90 bits per heavy atom. The minimum absolute atomic E-state index is 0.190. The first-order chi connectivity index (χ1) is 19.0. The molecular weight excluding hydrogens is 506 g/mol. The van der Waals surface area contributed by atoms with Crippen molar-refractivity contribution in [2.24, 2.45) is 5.73 Å². The van der Waals surface area contributed by atoms with Gasteiger partial charge >= 0.3 is 0 Å². The van der Waals surface area contributed by atoms with E-state index in [1.54, 1.807) is 24.3 Å². The van der Waals surface area contributed by atoms with Crippen LogP contribution < -0.4 is 16.4 Å². The number of nitrogens with one attached hydrogen (secondary N) is 2. The molecule has 7 heteroatoms. The summed E-state index contributed by atoms with van der Waals surface area (Å²) in [6, 6.07) is 36.9. The van der Waals surface area contributed by atoms with Crippen LogP contribution in [0.25, 0.3) is 10.8 Å². The average Bonchev–Trinajstić information content (AvgIpc) is 2.97. The van der Waals surface area contributed by atoms with Crippen LogP contribution in [0.5, 0.6) is 0 Å². The topological polar surface area (TPSA) is 101 Å². The van der Waals surface area contributed by atoms with Gasteiger partial charge in [0, 0.05) is 27.4 Å². The molecule has 0 radical (unpaired) electrons. The van der Waals surface area contributed by atoms with Crippen molar-refractivity contribution in [1.29, 1.82) is 0 Å². The van der Waals surface area contributed by atoms with Gasteiger partial charge in [-0.05, 0) is 77.0 Å². The largest absolute Gasteiger partial charge is 0.366 e. The summed E-state index contributed by atoms with van der Waals surface area (Å²) in [5.41, 5.74) is 8.34. The molecule has 0 aliphatic rings. The molecule has 0 spiro atoms. The Labute approximate surface area is 230 Å². The molecule has 0 heterocycles. The van der Waals surface area contributed by atoms with E-state index in [1.807, 2.05) is 97.1 Å². The highest BCUT2D eigenvalue weighted by Crippen LogP contribution is 2.36. The SMILES string of the molecule is NC(=O)c1ccc(NC(=O)C(Sc2ccc(NC(=O)c3ccc4ccccc4c3)cc2)c2ccccc2)cc1. The number of fused-ring (bicyclic) bond motifs is 1. The molecule has 3 amide bonds. The van der Waals surface area contributed by atoms with E-state index in [4.69, 9.17) is 5.73 Å². The molecule has 0 bridgehead atoms. The van der Waals surface area contributed by atoms with Crippen LogP contribution in [-0.4, -0.2) is 17.7 Å². The number of carbonyl (C=O) groups is 3. The van der Waals surface area contributed by atoms with E-state index in [2.05, 4.69) is 10.6 Å². The number of amides is 3. The smallest absolute Gasteiger partial charge is 0.255 e. The van der Waals surface area contributed by atoms with Crippen molar-refractivity contribution in [3.8, 4) is 0 Å². The third-order valence-corrected chi connectivity index (χ3v) is 7.42. The lowest BCUT2D eigenvalue weighted by molar-refractivity contribution is -0.115. The van der Waals surface area contributed by atoms with Crippen LogP contribution in [0.1, 0.15) is 31.5 Å². The zero-order chi connectivity index (χ0) is 27.2. The summed E-state index contributed by atoms with van der Waals surface area (Å²) < 4.78 is 0. The minimum atomic E-state index is -0.528. The van der Waals surface area contributed by atoms with Gasteiger partial charge in [-0.25, -0.2) is 0 Å². The first-order valence-electron chi connectivity index (χ1n) is 12.3. The summed E-state index contributed by atoms with van der Waals surface area (Å²) in [4.78, 5) is 38.4. The second-order valence-electron chi connectivity index (χ2n) is 8.88. The molecule has 0 aromatic heterocycles. The summed E-state index contributed by atoms with van der Waals surface area (Å²) in [7, 11) is 0. The van der Waals surface area contributed by atoms with Crippen molar-refractivity contribution in [2.45, 2.75) is 10.1 Å². The summed E-state index contributed by atoms with van der Waals surface area (Å²) >= 11 is 1.40. The maximum Gasteiger partial charge on any atom is 0.255 e. The van der Waals surface area contributed by atoms with Crippen LogP contribution in [0.2, 0.25) is 0 Å². The van der Waals surface area contributed by atoms with Crippen LogP contribution in [0.4, 0.5) is 11.4 Å². The monoisotopic (exact) mass is 531 g/mol. The van der Waals surface area contributed by atoms with Crippen molar-refractivity contribution in [3.63, 3.8) is 0 Å². The predicted molar refractivity (Wildman–Crippen MR) is 157 cm³/mol. The number of hydrogen-bond acceptors (Lipinski definition) is 4. The molecule has 0 saturated carbocycles. The fourth-order valence-corrected chi connectivity index (χ4v) is 5.14. The standard InChI is InChI=1S/C32H25N3O3S/c33-30(36)23-12-14-26(15-13-23)35-32(38)29(22-7-2-1-3-8-22)39-28-18-16-27(17-19-28)34-31(37)25-11-10-21-6-4-5-9-24(21)20-25/h1-20,29H,(H2,33,36)(H,34,37)(H,35,38). The number of thioether (sulfide) groups is 1. The fourth-order valence-electron chi connectivity index (χ4n) is 4.11. The van der Waals surface area contributed by atoms with Gasteiger partial charge in [-0.15, -0.1) is 11.8 Å². The Hall–Kier alpha value is -4.88. The Kier molecular flexibility index (Phi) is 7.70. The minimum Gasteiger partial charge on any atom is -0.366 e. The normalized spacial score (nSPS) is 11.5. The van der Waals surface area contributed by atoms with E-state index in [9.17, 15) is 14.4 Å². The molecule has 5 aromatic rings. The molecule has 0 aliphatic carbocycles. The van der Waals surface area contributed by atoms with Gasteiger partial charge < -0.3 is 16.4 Å². The van der Waals surface area contributed by atoms with Crippen molar-refractivity contribution in [1.82, 2.24) is 0 Å². The van der Waals surface area contributed by atoms with Crippen LogP contribution in [-0.2, 0) is 4.79 Å². The second-order valence-corrected chi connectivity index (χ2v) is 10.1. The first kappa shape index (κ1) is 25.8. The number of primary amides is 1. The lowest BCUT2D eigenvalue weighted by Gasteiger charge is -2.17. The Balaban J connectivity index is 1.29. The van der Waals surface area contributed by atoms with Crippen molar-refractivity contribution in [3.05, 3.63) is 138 Å². The van der Waals surface area contributed by atoms with E-state index in [-0.39, 0.29) is 11.8 Å². The fraction of sp³-hybridized carbons (Fsp3) is 0.0312.